The molecule has 0 saturated carbocycles. The molecule has 0 unspecified atom stereocenters. The number of rotatable bonds is 8. The fourth-order valence-electron chi connectivity index (χ4n) is 2.20. The number of hydrogen-bond donors (Lipinski definition) is 2. The van der Waals surface area contributed by atoms with Crippen molar-refractivity contribution in [3.8, 4) is 0 Å². The van der Waals surface area contributed by atoms with Gasteiger partial charge in [0.15, 0.2) is 0 Å². The van der Waals surface area contributed by atoms with Gasteiger partial charge in [0, 0.05) is 41.8 Å². The molecule has 6 nitrogen and oxygen atoms in total. The fraction of sp³-hybridized carbons (Fsp3) is 0.312. The molecular formula is C16H20N6S. The largest absolute Gasteiger partial charge is 0.313 e. The number of nitrogens with one attached hydrogen (secondary N) is 2. The fourth-order valence-corrected chi connectivity index (χ4v) is 2.94. The Balaban J connectivity index is 1.40. The molecule has 0 fully saturated rings. The number of fused-ring (bicyclic) bond motifs is 1. The molecule has 2 N–H and O–H groups in total. The summed E-state index contributed by atoms with van der Waals surface area (Å²) < 4.78 is 5.28. The third-order valence-electron chi connectivity index (χ3n) is 3.42. The van der Waals surface area contributed by atoms with Crippen molar-refractivity contribution < 1.29 is 0 Å². The molecule has 0 aliphatic heterocycles. The average Bonchev–Trinajstić information content (AvgIpc) is 3.10. The van der Waals surface area contributed by atoms with Gasteiger partial charge >= 0.3 is 0 Å². The molecule has 1 atom stereocenters. The summed E-state index contributed by atoms with van der Waals surface area (Å²) in [6.45, 7) is 4.78. The summed E-state index contributed by atoms with van der Waals surface area (Å²) in [6.07, 6.45) is 7.00. The van der Waals surface area contributed by atoms with E-state index in [2.05, 4.69) is 50.2 Å². The molecule has 0 saturated heterocycles. The molecule has 1 aromatic carbocycles. The van der Waals surface area contributed by atoms with Gasteiger partial charge in [-0.3, -0.25) is 14.4 Å². The van der Waals surface area contributed by atoms with E-state index in [-0.39, 0.29) is 0 Å². The molecule has 0 amide bonds. The zero-order valence-electron chi connectivity index (χ0n) is 13.0. The molecule has 0 bridgehead atoms. The van der Waals surface area contributed by atoms with E-state index in [9.17, 15) is 0 Å². The van der Waals surface area contributed by atoms with Gasteiger partial charge in [0.25, 0.3) is 0 Å². The summed E-state index contributed by atoms with van der Waals surface area (Å²) >= 11 is 1.66. The van der Waals surface area contributed by atoms with E-state index >= 15 is 0 Å². The predicted molar refractivity (Wildman–Crippen MR) is 93.1 cm³/mol. The lowest BCUT2D eigenvalue weighted by atomic mass is 10.2. The van der Waals surface area contributed by atoms with Crippen molar-refractivity contribution >= 4 is 22.7 Å². The van der Waals surface area contributed by atoms with Crippen LogP contribution in [0.5, 0.6) is 0 Å². The van der Waals surface area contributed by atoms with Crippen molar-refractivity contribution in [1.29, 1.82) is 0 Å². The summed E-state index contributed by atoms with van der Waals surface area (Å²) in [6, 6.07) is 8.80. The molecule has 23 heavy (non-hydrogen) atoms. The van der Waals surface area contributed by atoms with Crippen LogP contribution < -0.4 is 10.0 Å². The van der Waals surface area contributed by atoms with Gasteiger partial charge < -0.3 is 5.32 Å². The summed E-state index contributed by atoms with van der Waals surface area (Å²) in [5.41, 5.74) is 0. The van der Waals surface area contributed by atoms with E-state index in [0.29, 0.717) is 6.04 Å². The maximum atomic E-state index is 4.14. The molecule has 0 radical (unpaired) electrons. The molecule has 0 aliphatic carbocycles. The second-order valence-electron chi connectivity index (χ2n) is 5.37. The summed E-state index contributed by atoms with van der Waals surface area (Å²) in [7, 11) is 0. The molecule has 0 spiro atoms. The van der Waals surface area contributed by atoms with Gasteiger partial charge in [0.2, 0.25) is 0 Å². The Bertz CT molecular complexity index is 730. The van der Waals surface area contributed by atoms with E-state index in [1.165, 1.54) is 15.7 Å². The normalized spacial score (nSPS) is 12.6. The molecule has 2 heterocycles. The van der Waals surface area contributed by atoms with Crippen LogP contribution >= 0.6 is 11.9 Å². The maximum Gasteiger partial charge on any atom is 0.137 e. The first kappa shape index (κ1) is 15.9. The van der Waals surface area contributed by atoms with Crippen molar-refractivity contribution in [3.63, 3.8) is 0 Å². The van der Waals surface area contributed by atoms with Crippen LogP contribution in [0.2, 0.25) is 0 Å². The molecule has 3 aromatic rings. The van der Waals surface area contributed by atoms with Gasteiger partial charge in [-0.15, -0.1) is 0 Å². The van der Waals surface area contributed by atoms with E-state index in [0.717, 1.165) is 19.6 Å². The second kappa shape index (κ2) is 8.05. The van der Waals surface area contributed by atoms with Crippen LogP contribution in [-0.2, 0) is 6.54 Å². The van der Waals surface area contributed by atoms with Crippen LogP contribution in [0, 0.1) is 0 Å². The van der Waals surface area contributed by atoms with Gasteiger partial charge in [-0.1, -0.05) is 6.07 Å². The minimum absolute atomic E-state index is 0.365. The number of aromatic nitrogens is 4. The second-order valence-corrected chi connectivity index (χ2v) is 6.28. The van der Waals surface area contributed by atoms with Crippen molar-refractivity contribution in [2.24, 2.45) is 0 Å². The van der Waals surface area contributed by atoms with Gasteiger partial charge in [-0.25, -0.2) is 4.98 Å². The van der Waals surface area contributed by atoms with E-state index in [1.807, 2.05) is 23.1 Å². The highest BCUT2D eigenvalue weighted by molar-refractivity contribution is 7.97. The first-order chi connectivity index (χ1) is 11.3. The van der Waals surface area contributed by atoms with Gasteiger partial charge in [-0.2, -0.15) is 5.10 Å². The smallest absolute Gasteiger partial charge is 0.137 e. The highest BCUT2D eigenvalue weighted by Crippen LogP contribution is 2.21. The van der Waals surface area contributed by atoms with Crippen LogP contribution in [0.25, 0.3) is 10.8 Å². The zero-order valence-corrected chi connectivity index (χ0v) is 13.8. The molecule has 7 heteroatoms. The Hall–Kier alpha value is -1.96. The molecule has 120 valence electrons. The summed E-state index contributed by atoms with van der Waals surface area (Å²) in [5.74, 6) is 0. The summed E-state index contributed by atoms with van der Waals surface area (Å²) in [5, 5.41) is 9.87. The monoisotopic (exact) mass is 328 g/mol. The Morgan fingerprint density at radius 1 is 1.22 bits per heavy atom. The lowest BCUT2D eigenvalue weighted by molar-refractivity contribution is 0.524. The molecule has 3 rings (SSSR count). The lowest BCUT2D eigenvalue weighted by Crippen LogP contribution is -2.34. The van der Waals surface area contributed by atoms with Crippen LogP contribution in [-0.4, -0.2) is 38.9 Å². The zero-order chi connectivity index (χ0) is 15.9. The number of hydrogen-bond acceptors (Lipinski definition) is 6. The number of benzene rings is 1. The third-order valence-corrected chi connectivity index (χ3v) is 4.43. The van der Waals surface area contributed by atoms with Crippen molar-refractivity contribution in [2.45, 2.75) is 24.4 Å². The first-order valence-electron chi connectivity index (χ1n) is 7.60. The Kier molecular flexibility index (Phi) is 5.57. The SMILES string of the molecule is C[C@H](CNCCn1cncn1)NSc1ccc2cnccc2c1. The minimum atomic E-state index is 0.365. The van der Waals surface area contributed by atoms with Crippen LogP contribution in [0.15, 0.2) is 54.2 Å². The van der Waals surface area contributed by atoms with Crippen molar-refractivity contribution in [2.75, 3.05) is 13.1 Å². The lowest BCUT2D eigenvalue weighted by Gasteiger charge is -2.14. The Labute approximate surface area is 139 Å². The standard InChI is InChI=1S/C16H20N6S/c1-13(9-18-6-7-22-12-19-11-20-22)21-23-16-3-2-15-10-17-5-4-14(15)8-16/h2-5,8,10-13,18,21H,6-7,9H2,1H3/t13-/m1/s1. The third kappa shape index (κ3) is 4.75. The number of pyridine rings is 1. The van der Waals surface area contributed by atoms with Gasteiger partial charge in [0.1, 0.15) is 12.7 Å². The highest BCUT2D eigenvalue weighted by Gasteiger charge is 2.03. The molecular weight excluding hydrogens is 308 g/mol. The first-order valence-corrected chi connectivity index (χ1v) is 8.42. The predicted octanol–water partition coefficient (Wildman–Crippen LogP) is 2.10. The van der Waals surface area contributed by atoms with E-state index < -0.39 is 0 Å². The summed E-state index contributed by atoms with van der Waals surface area (Å²) in [4.78, 5) is 9.27. The van der Waals surface area contributed by atoms with E-state index in [1.54, 1.807) is 24.6 Å². The highest BCUT2D eigenvalue weighted by atomic mass is 32.2. The van der Waals surface area contributed by atoms with Gasteiger partial charge in [-0.05, 0) is 42.5 Å². The topological polar surface area (TPSA) is 67.7 Å². The Morgan fingerprint density at radius 2 is 2.17 bits per heavy atom. The van der Waals surface area contributed by atoms with Crippen LogP contribution in [0.4, 0.5) is 0 Å². The van der Waals surface area contributed by atoms with Crippen molar-refractivity contribution in [1.82, 2.24) is 29.8 Å². The van der Waals surface area contributed by atoms with Crippen LogP contribution in [0.3, 0.4) is 0 Å². The Morgan fingerprint density at radius 3 is 3.04 bits per heavy atom. The van der Waals surface area contributed by atoms with E-state index in [4.69, 9.17) is 0 Å². The minimum Gasteiger partial charge on any atom is -0.313 e. The number of nitrogens with zero attached hydrogens (tertiary/aromatic N) is 4. The molecule has 2 aromatic heterocycles. The maximum absolute atomic E-state index is 4.14. The van der Waals surface area contributed by atoms with Crippen LogP contribution in [0.1, 0.15) is 6.92 Å². The average molecular weight is 328 g/mol. The molecule has 0 aliphatic rings. The quantitative estimate of drug-likeness (QED) is 0.488. The van der Waals surface area contributed by atoms with Crippen molar-refractivity contribution in [3.05, 3.63) is 49.3 Å². The van der Waals surface area contributed by atoms with Gasteiger partial charge in [0.05, 0.1) is 6.54 Å².